The summed E-state index contributed by atoms with van der Waals surface area (Å²) >= 11 is 1.40. The second kappa shape index (κ2) is 9.10. The van der Waals surface area contributed by atoms with E-state index in [0.29, 0.717) is 17.0 Å². The van der Waals surface area contributed by atoms with Crippen molar-refractivity contribution in [1.29, 1.82) is 0 Å². The number of carbonyl (C=O) groups excluding carboxylic acids is 2. The molecule has 1 aliphatic rings. The maximum Gasteiger partial charge on any atom is 0.261 e. The zero-order chi connectivity index (χ0) is 19.2. The monoisotopic (exact) mass is 390 g/mol. The van der Waals surface area contributed by atoms with Crippen LogP contribution in [0.15, 0.2) is 36.4 Å². The number of likely N-dealkylation sites (tertiary alicyclic amines) is 1. The number of ether oxygens (including phenoxy) is 1. The lowest BCUT2D eigenvalue weighted by molar-refractivity contribution is -0.136. The molecule has 27 heavy (non-hydrogen) atoms. The maximum absolute atomic E-state index is 13.2. The quantitative estimate of drug-likeness (QED) is 0.787. The summed E-state index contributed by atoms with van der Waals surface area (Å²) in [6.45, 7) is 3.46. The van der Waals surface area contributed by atoms with Gasteiger partial charge in [0, 0.05) is 24.6 Å². The smallest absolute Gasteiger partial charge is 0.261 e. The van der Waals surface area contributed by atoms with Crippen molar-refractivity contribution in [3.05, 3.63) is 57.5 Å². The molecule has 1 atom stereocenters. The number of carbonyl (C=O) groups is 2. The Labute approximate surface area is 162 Å². The predicted molar refractivity (Wildman–Crippen MR) is 102 cm³/mol. The zero-order valence-corrected chi connectivity index (χ0v) is 16.1. The van der Waals surface area contributed by atoms with Crippen molar-refractivity contribution in [2.24, 2.45) is 0 Å². The van der Waals surface area contributed by atoms with Crippen LogP contribution in [-0.2, 0) is 16.1 Å². The lowest BCUT2D eigenvalue weighted by Crippen LogP contribution is -2.33. The summed E-state index contributed by atoms with van der Waals surface area (Å²) in [5, 5.41) is 2.81. The molecule has 0 bridgehead atoms. The van der Waals surface area contributed by atoms with Crippen molar-refractivity contribution >= 4 is 23.2 Å². The highest BCUT2D eigenvalue weighted by Gasteiger charge is 2.31. The predicted octanol–water partition coefficient (Wildman–Crippen LogP) is 3.52. The van der Waals surface area contributed by atoms with E-state index in [1.165, 1.54) is 23.5 Å². The zero-order valence-electron chi connectivity index (χ0n) is 15.2. The number of rotatable bonds is 7. The first-order valence-corrected chi connectivity index (χ1v) is 9.89. The van der Waals surface area contributed by atoms with E-state index in [4.69, 9.17) is 4.74 Å². The van der Waals surface area contributed by atoms with Crippen LogP contribution in [0.25, 0.3) is 0 Å². The number of thiophene rings is 1. The molecular weight excluding hydrogens is 367 g/mol. The Balaban J connectivity index is 1.61. The molecule has 5 nitrogen and oxygen atoms in total. The Morgan fingerprint density at radius 1 is 1.33 bits per heavy atom. The van der Waals surface area contributed by atoms with Crippen molar-refractivity contribution in [3.63, 3.8) is 0 Å². The molecule has 2 heterocycles. The van der Waals surface area contributed by atoms with Gasteiger partial charge >= 0.3 is 0 Å². The molecule has 2 amide bonds. The highest BCUT2D eigenvalue weighted by Crippen LogP contribution is 2.36. The number of hydrogen-bond donors (Lipinski definition) is 1. The van der Waals surface area contributed by atoms with Crippen molar-refractivity contribution in [2.75, 3.05) is 19.8 Å². The van der Waals surface area contributed by atoms with Gasteiger partial charge in [0.1, 0.15) is 12.4 Å². The van der Waals surface area contributed by atoms with E-state index in [1.54, 1.807) is 18.2 Å². The van der Waals surface area contributed by atoms with Crippen LogP contribution in [0.1, 0.15) is 45.9 Å². The SMILES string of the molecule is CCOCC(=O)N1CCC[C@@H]1c1ccc(C(=O)NCc2cccc(F)c2)s1. The normalized spacial score (nSPS) is 16.5. The molecule has 0 radical (unpaired) electrons. The first kappa shape index (κ1) is 19.5. The molecular formula is C20H23FN2O3S. The third-order valence-electron chi connectivity index (χ3n) is 4.52. The number of nitrogens with one attached hydrogen (secondary N) is 1. The summed E-state index contributed by atoms with van der Waals surface area (Å²) < 4.78 is 18.5. The molecule has 3 rings (SSSR count). The summed E-state index contributed by atoms with van der Waals surface area (Å²) in [5.41, 5.74) is 0.712. The van der Waals surface area contributed by atoms with Gasteiger partial charge in [0.05, 0.1) is 10.9 Å². The van der Waals surface area contributed by atoms with Crippen molar-refractivity contribution in [1.82, 2.24) is 10.2 Å². The van der Waals surface area contributed by atoms with Gasteiger partial charge in [-0.3, -0.25) is 9.59 Å². The van der Waals surface area contributed by atoms with Gasteiger partial charge in [0.15, 0.2) is 0 Å². The van der Waals surface area contributed by atoms with Crippen LogP contribution in [0, 0.1) is 5.82 Å². The molecule has 144 valence electrons. The second-order valence-corrected chi connectivity index (χ2v) is 7.51. The lowest BCUT2D eigenvalue weighted by atomic mass is 10.2. The van der Waals surface area contributed by atoms with Crippen LogP contribution in [0.2, 0.25) is 0 Å². The van der Waals surface area contributed by atoms with E-state index in [2.05, 4.69) is 5.32 Å². The molecule has 1 aromatic carbocycles. The topological polar surface area (TPSA) is 58.6 Å². The van der Waals surface area contributed by atoms with E-state index < -0.39 is 0 Å². The summed E-state index contributed by atoms with van der Waals surface area (Å²) in [5.74, 6) is -0.524. The third-order valence-corrected chi connectivity index (χ3v) is 5.71. The number of benzene rings is 1. The summed E-state index contributed by atoms with van der Waals surface area (Å²) in [7, 11) is 0. The molecule has 1 N–H and O–H groups in total. The highest BCUT2D eigenvalue weighted by molar-refractivity contribution is 7.14. The van der Waals surface area contributed by atoms with Gasteiger partial charge in [-0.2, -0.15) is 0 Å². The average molecular weight is 390 g/mol. The summed E-state index contributed by atoms with van der Waals surface area (Å²) in [4.78, 5) is 28.1. The fourth-order valence-electron chi connectivity index (χ4n) is 3.20. The van der Waals surface area contributed by atoms with Gasteiger partial charge in [0.25, 0.3) is 5.91 Å². The summed E-state index contributed by atoms with van der Waals surface area (Å²) in [6, 6.07) is 9.87. The van der Waals surface area contributed by atoms with E-state index in [-0.39, 0.29) is 36.8 Å². The minimum absolute atomic E-state index is 0.00715. The van der Waals surface area contributed by atoms with Crippen LogP contribution >= 0.6 is 11.3 Å². The second-order valence-electron chi connectivity index (χ2n) is 6.40. The van der Waals surface area contributed by atoms with Crippen molar-refractivity contribution in [2.45, 2.75) is 32.4 Å². The molecule has 2 aromatic rings. The van der Waals surface area contributed by atoms with Crippen LogP contribution in [0.3, 0.4) is 0 Å². The molecule has 1 aromatic heterocycles. The molecule has 0 saturated carbocycles. The first-order valence-electron chi connectivity index (χ1n) is 9.08. The van der Waals surface area contributed by atoms with Gasteiger partial charge in [-0.25, -0.2) is 4.39 Å². The largest absolute Gasteiger partial charge is 0.372 e. The number of nitrogens with zero attached hydrogens (tertiary/aromatic N) is 1. The third kappa shape index (κ3) is 4.93. The van der Waals surface area contributed by atoms with Crippen LogP contribution in [0.4, 0.5) is 4.39 Å². The number of hydrogen-bond acceptors (Lipinski definition) is 4. The van der Waals surface area contributed by atoms with Crippen molar-refractivity contribution < 1.29 is 18.7 Å². The Morgan fingerprint density at radius 3 is 2.96 bits per heavy atom. The van der Waals surface area contributed by atoms with Gasteiger partial charge in [-0.1, -0.05) is 12.1 Å². The Bertz CT molecular complexity index is 808. The fraction of sp³-hybridized carbons (Fsp3) is 0.400. The molecule has 0 unspecified atom stereocenters. The molecule has 0 spiro atoms. The Morgan fingerprint density at radius 2 is 2.19 bits per heavy atom. The van der Waals surface area contributed by atoms with Crippen LogP contribution in [-0.4, -0.2) is 36.5 Å². The summed E-state index contributed by atoms with van der Waals surface area (Å²) in [6.07, 6.45) is 1.84. The van der Waals surface area contributed by atoms with E-state index in [1.807, 2.05) is 17.9 Å². The minimum Gasteiger partial charge on any atom is -0.372 e. The number of amides is 2. The van der Waals surface area contributed by atoms with Crippen LogP contribution in [0.5, 0.6) is 0 Å². The Kier molecular flexibility index (Phi) is 6.58. The van der Waals surface area contributed by atoms with Gasteiger partial charge in [0.2, 0.25) is 5.91 Å². The molecule has 7 heteroatoms. The average Bonchev–Trinajstić information content (AvgIpc) is 3.33. The van der Waals surface area contributed by atoms with E-state index >= 15 is 0 Å². The first-order chi connectivity index (χ1) is 13.1. The van der Waals surface area contributed by atoms with Gasteiger partial charge in [-0.15, -0.1) is 11.3 Å². The number of halogens is 1. The van der Waals surface area contributed by atoms with Crippen LogP contribution < -0.4 is 5.32 Å². The molecule has 1 fully saturated rings. The van der Waals surface area contributed by atoms with Crippen molar-refractivity contribution in [3.8, 4) is 0 Å². The lowest BCUT2D eigenvalue weighted by Gasteiger charge is -2.23. The molecule has 1 aliphatic heterocycles. The fourth-order valence-corrected chi connectivity index (χ4v) is 4.28. The minimum atomic E-state index is -0.321. The van der Waals surface area contributed by atoms with E-state index in [0.717, 1.165) is 24.3 Å². The Hall–Kier alpha value is -2.25. The highest BCUT2D eigenvalue weighted by atomic mass is 32.1. The maximum atomic E-state index is 13.2. The van der Waals surface area contributed by atoms with Gasteiger partial charge in [-0.05, 0) is 49.6 Å². The molecule has 1 saturated heterocycles. The molecule has 0 aliphatic carbocycles. The van der Waals surface area contributed by atoms with Gasteiger partial charge < -0.3 is 15.0 Å². The van der Waals surface area contributed by atoms with E-state index in [9.17, 15) is 14.0 Å². The standard InChI is InChI=1S/C20H23FN2O3S/c1-2-26-13-19(24)23-10-4-7-16(23)17-8-9-18(27-17)20(25)22-12-14-5-3-6-15(21)11-14/h3,5-6,8-9,11,16H,2,4,7,10,12-13H2,1H3,(H,22,25)/t16-/m1/s1.